The first-order valence-electron chi connectivity index (χ1n) is 8.47. The van der Waals surface area contributed by atoms with Crippen LogP contribution in [0.2, 0.25) is 0 Å². The van der Waals surface area contributed by atoms with Gasteiger partial charge in [0.2, 0.25) is 5.95 Å². The summed E-state index contributed by atoms with van der Waals surface area (Å²) in [6.07, 6.45) is 2.50. The van der Waals surface area contributed by atoms with Crippen molar-refractivity contribution in [2.75, 3.05) is 29.9 Å². The largest absolute Gasteiger partial charge is 0.356 e. The van der Waals surface area contributed by atoms with Crippen LogP contribution in [-0.2, 0) is 6.54 Å². The molecule has 4 nitrogen and oxygen atoms in total. The monoisotopic (exact) mass is 310 g/mol. The smallest absolute Gasteiger partial charge is 0.227 e. The molecule has 0 saturated carbocycles. The van der Waals surface area contributed by atoms with Crippen LogP contribution in [0.5, 0.6) is 0 Å². The van der Waals surface area contributed by atoms with Gasteiger partial charge >= 0.3 is 0 Å². The second kappa shape index (κ2) is 6.99. The summed E-state index contributed by atoms with van der Waals surface area (Å²) in [5, 5.41) is 0. The van der Waals surface area contributed by atoms with Crippen LogP contribution in [0, 0.1) is 12.8 Å². The van der Waals surface area contributed by atoms with Crippen molar-refractivity contribution in [3.63, 3.8) is 0 Å². The first-order valence-corrected chi connectivity index (χ1v) is 8.47. The maximum Gasteiger partial charge on any atom is 0.227 e. The fraction of sp³-hybridized carbons (Fsp3) is 0.474. The van der Waals surface area contributed by atoms with Crippen molar-refractivity contribution in [1.82, 2.24) is 9.97 Å². The minimum absolute atomic E-state index is 0.808. The topological polar surface area (TPSA) is 32.3 Å². The summed E-state index contributed by atoms with van der Waals surface area (Å²) in [5.41, 5.74) is 2.30. The minimum atomic E-state index is 0.808. The van der Waals surface area contributed by atoms with Gasteiger partial charge < -0.3 is 9.80 Å². The standard InChI is InChI=1S/C19H26N4/c1-15-9-11-23(12-10-15)18-13-16(2)20-19(21-18)22(3)14-17-7-5-4-6-8-17/h4-8,13,15H,9-12,14H2,1-3H3. The molecule has 23 heavy (non-hydrogen) atoms. The van der Waals surface area contributed by atoms with Crippen LogP contribution in [0.1, 0.15) is 31.0 Å². The number of aryl methyl sites for hydroxylation is 1. The number of anilines is 2. The molecule has 1 aromatic heterocycles. The SMILES string of the molecule is Cc1cc(N2CCC(C)CC2)nc(N(C)Cc2ccccc2)n1. The van der Waals surface area contributed by atoms with Crippen molar-refractivity contribution in [1.29, 1.82) is 0 Å². The van der Waals surface area contributed by atoms with Crippen molar-refractivity contribution < 1.29 is 0 Å². The Morgan fingerprint density at radius 1 is 1.13 bits per heavy atom. The van der Waals surface area contributed by atoms with Gasteiger partial charge in [-0.3, -0.25) is 0 Å². The summed E-state index contributed by atoms with van der Waals surface area (Å²) in [6, 6.07) is 12.6. The lowest BCUT2D eigenvalue weighted by molar-refractivity contribution is 0.436. The Morgan fingerprint density at radius 2 is 1.83 bits per heavy atom. The normalized spacial score (nSPS) is 15.7. The fourth-order valence-corrected chi connectivity index (χ4v) is 3.03. The van der Waals surface area contributed by atoms with Gasteiger partial charge in [-0.15, -0.1) is 0 Å². The van der Waals surface area contributed by atoms with Crippen LogP contribution in [-0.4, -0.2) is 30.1 Å². The molecular formula is C19H26N4. The molecule has 1 aliphatic rings. The molecule has 1 aliphatic heterocycles. The first kappa shape index (κ1) is 15.8. The van der Waals surface area contributed by atoms with E-state index in [9.17, 15) is 0 Å². The lowest BCUT2D eigenvalue weighted by Crippen LogP contribution is -2.34. The predicted molar refractivity (Wildman–Crippen MR) is 95.9 cm³/mol. The highest BCUT2D eigenvalue weighted by Gasteiger charge is 2.18. The molecule has 2 heterocycles. The van der Waals surface area contributed by atoms with Crippen molar-refractivity contribution in [3.8, 4) is 0 Å². The number of hydrogen-bond donors (Lipinski definition) is 0. The zero-order valence-corrected chi connectivity index (χ0v) is 14.4. The van der Waals surface area contributed by atoms with Crippen LogP contribution >= 0.6 is 0 Å². The number of benzene rings is 1. The van der Waals surface area contributed by atoms with E-state index in [0.717, 1.165) is 43.0 Å². The van der Waals surface area contributed by atoms with Gasteiger partial charge in [0, 0.05) is 38.4 Å². The molecule has 1 aromatic carbocycles. The number of piperidine rings is 1. The van der Waals surface area contributed by atoms with Gasteiger partial charge in [0.05, 0.1) is 0 Å². The quantitative estimate of drug-likeness (QED) is 0.863. The molecule has 0 radical (unpaired) electrons. The maximum atomic E-state index is 4.82. The van der Waals surface area contributed by atoms with Gasteiger partial charge in [0.15, 0.2) is 0 Å². The van der Waals surface area contributed by atoms with E-state index >= 15 is 0 Å². The zero-order valence-electron chi connectivity index (χ0n) is 14.4. The van der Waals surface area contributed by atoms with E-state index in [0.29, 0.717) is 0 Å². The third-order valence-electron chi connectivity index (χ3n) is 4.54. The van der Waals surface area contributed by atoms with E-state index in [1.54, 1.807) is 0 Å². The summed E-state index contributed by atoms with van der Waals surface area (Å²) in [5.74, 6) is 2.70. The molecule has 0 amide bonds. The Balaban J connectivity index is 1.77. The minimum Gasteiger partial charge on any atom is -0.356 e. The lowest BCUT2D eigenvalue weighted by Gasteiger charge is -2.32. The molecule has 1 fully saturated rings. The van der Waals surface area contributed by atoms with Crippen molar-refractivity contribution in [3.05, 3.63) is 47.7 Å². The van der Waals surface area contributed by atoms with Gasteiger partial charge in [-0.2, -0.15) is 4.98 Å². The summed E-state index contributed by atoms with van der Waals surface area (Å²) in [6.45, 7) is 7.40. The second-order valence-corrected chi connectivity index (χ2v) is 6.68. The Hall–Kier alpha value is -2.10. The van der Waals surface area contributed by atoms with Gasteiger partial charge in [-0.25, -0.2) is 4.98 Å². The maximum absolute atomic E-state index is 4.82. The Kier molecular flexibility index (Phi) is 4.79. The van der Waals surface area contributed by atoms with Gasteiger partial charge in [0.1, 0.15) is 5.82 Å². The highest BCUT2D eigenvalue weighted by atomic mass is 15.3. The first-order chi connectivity index (χ1) is 11.1. The lowest BCUT2D eigenvalue weighted by atomic mass is 9.99. The summed E-state index contributed by atoms with van der Waals surface area (Å²) in [7, 11) is 2.06. The third-order valence-corrected chi connectivity index (χ3v) is 4.54. The molecule has 0 atom stereocenters. The molecule has 0 aliphatic carbocycles. The molecule has 4 heteroatoms. The molecule has 1 saturated heterocycles. The van der Waals surface area contributed by atoms with Crippen LogP contribution in [0.3, 0.4) is 0 Å². The summed E-state index contributed by atoms with van der Waals surface area (Å²) in [4.78, 5) is 14.0. The van der Waals surface area contributed by atoms with Crippen molar-refractivity contribution in [2.45, 2.75) is 33.2 Å². The molecule has 2 aromatic rings. The second-order valence-electron chi connectivity index (χ2n) is 6.68. The molecule has 0 bridgehead atoms. The number of aromatic nitrogens is 2. The van der Waals surface area contributed by atoms with E-state index in [1.165, 1.54) is 18.4 Å². The predicted octanol–water partition coefficient (Wildman–Crippen LogP) is 3.66. The fourth-order valence-electron chi connectivity index (χ4n) is 3.03. The van der Waals surface area contributed by atoms with E-state index < -0.39 is 0 Å². The molecule has 122 valence electrons. The summed E-state index contributed by atoms with van der Waals surface area (Å²) < 4.78 is 0. The number of nitrogens with zero attached hydrogens (tertiary/aromatic N) is 4. The molecular weight excluding hydrogens is 284 g/mol. The van der Waals surface area contributed by atoms with E-state index in [4.69, 9.17) is 4.98 Å². The van der Waals surface area contributed by atoms with Crippen LogP contribution in [0.4, 0.5) is 11.8 Å². The molecule has 0 N–H and O–H groups in total. The van der Waals surface area contributed by atoms with Crippen molar-refractivity contribution >= 4 is 11.8 Å². The van der Waals surface area contributed by atoms with Crippen LogP contribution in [0.15, 0.2) is 36.4 Å². The van der Waals surface area contributed by atoms with Gasteiger partial charge in [-0.05, 0) is 31.2 Å². The molecule has 3 rings (SSSR count). The number of hydrogen-bond acceptors (Lipinski definition) is 4. The van der Waals surface area contributed by atoms with Gasteiger partial charge in [-0.1, -0.05) is 37.3 Å². The average Bonchev–Trinajstić information content (AvgIpc) is 2.56. The average molecular weight is 310 g/mol. The van der Waals surface area contributed by atoms with Gasteiger partial charge in [0.25, 0.3) is 0 Å². The molecule has 0 spiro atoms. The Bertz CT molecular complexity index is 633. The van der Waals surface area contributed by atoms with Crippen molar-refractivity contribution in [2.24, 2.45) is 5.92 Å². The number of rotatable bonds is 4. The van der Waals surface area contributed by atoms with E-state index in [2.05, 4.69) is 66.0 Å². The highest BCUT2D eigenvalue weighted by molar-refractivity contribution is 5.46. The molecule has 0 unspecified atom stereocenters. The Labute approximate surface area is 139 Å². The summed E-state index contributed by atoms with van der Waals surface area (Å²) >= 11 is 0. The zero-order chi connectivity index (χ0) is 16.2. The Morgan fingerprint density at radius 3 is 2.52 bits per heavy atom. The van der Waals surface area contributed by atoms with Crippen LogP contribution in [0.25, 0.3) is 0 Å². The van der Waals surface area contributed by atoms with Crippen LogP contribution < -0.4 is 9.80 Å². The third kappa shape index (κ3) is 4.01. The highest BCUT2D eigenvalue weighted by Crippen LogP contribution is 2.23. The van der Waals surface area contributed by atoms with E-state index in [-0.39, 0.29) is 0 Å². The van der Waals surface area contributed by atoms with E-state index in [1.807, 2.05) is 6.07 Å².